The first-order chi connectivity index (χ1) is 5.43. The van der Waals surface area contributed by atoms with Crippen LogP contribution in [0.2, 0.25) is 0 Å². The summed E-state index contributed by atoms with van der Waals surface area (Å²) in [6.45, 7) is 2.37. The second-order valence-corrected chi connectivity index (χ2v) is 2.12. The Labute approximate surface area is 66.5 Å². The Balaban J connectivity index is 2.39. The maximum Gasteiger partial charge on any atom is 0.142 e. The molecule has 0 amide bonds. The van der Waals surface area contributed by atoms with Gasteiger partial charge < -0.3 is 4.84 Å². The Bertz CT molecular complexity index is 218. The highest BCUT2D eigenvalue weighted by Gasteiger charge is 1.87. The predicted octanol–water partition coefficient (Wildman–Crippen LogP) is 2.21. The molecule has 2 heteroatoms. The SMILES string of the molecule is C/C=N\OCc1ccccc1. The Morgan fingerprint density at radius 3 is 2.73 bits per heavy atom. The fraction of sp³-hybridized carbons (Fsp3) is 0.222. The summed E-state index contributed by atoms with van der Waals surface area (Å²) in [7, 11) is 0. The Morgan fingerprint density at radius 1 is 1.36 bits per heavy atom. The highest BCUT2D eigenvalue weighted by Crippen LogP contribution is 1.99. The highest BCUT2D eigenvalue weighted by atomic mass is 16.6. The molecule has 0 spiro atoms. The van der Waals surface area contributed by atoms with Crippen LogP contribution in [0.25, 0.3) is 0 Å². The van der Waals surface area contributed by atoms with Crippen molar-refractivity contribution in [1.29, 1.82) is 0 Å². The third-order valence-corrected chi connectivity index (χ3v) is 1.25. The first-order valence-electron chi connectivity index (χ1n) is 3.57. The molecule has 0 saturated carbocycles. The lowest BCUT2D eigenvalue weighted by molar-refractivity contribution is 0.132. The molecule has 0 aliphatic carbocycles. The van der Waals surface area contributed by atoms with Crippen LogP contribution in [-0.2, 0) is 11.4 Å². The maximum atomic E-state index is 4.94. The van der Waals surface area contributed by atoms with Gasteiger partial charge in [-0.15, -0.1) is 0 Å². The van der Waals surface area contributed by atoms with E-state index in [0.717, 1.165) is 5.56 Å². The van der Waals surface area contributed by atoms with Gasteiger partial charge in [0.1, 0.15) is 6.61 Å². The molecule has 0 saturated heterocycles. The lowest BCUT2D eigenvalue weighted by Gasteiger charge is -1.97. The molecule has 0 aliphatic rings. The fourth-order valence-electron chi connectivity index (χ4n) is 0.761. The van der Waals surface area contributed by atoms with Gasteiger partial charge in [0.2, 0.25) is 0 Å². The molecule has 0 N–H and O–H groups in total. The predicted molar refractivity (Wildman–Crippen MR) is 45.4 cm³/mol. The van der Waals surface area contributed by atoms with E-state index in [4.69, 9.17) is 4.84 Å². The number of benzene rings is 1. The van der Waals surface area contributed by atoms with E-state index in [0.29, 0.717) is 6.61 Å². The van der Waals surface area contributed by atoms with Crippen molar-refractivity contribution in [2.24, 2.45) is 5.16 Å². The summed E-state index contributed by atoms with van der Waals surface area (Å²) in [5.41, 5.74) is 1.14. The molecule has 0 aromatic heterocycles. The van der Waals surface area contributed by atoms with Crippen molar-refractivity contribution in [3.8, 4) is 0 Å². The number of rotatable bonds is 3. The summed E-state index contributed by atoms with van der Waals surface area (Å²) in [6, 6.07) is 9.95. The van der Waals surface area contributed by atoms with E-state index in [2.05, 4.69) is 5.16 Å². The zero-order chi connectivity index (χ0) is 7.94. The number of nitrogens with zero attached hydrogens (tertiary/aromatic N) is 1. The number of hydrogen-bond acceptors (Lipinski definition) is 2. The van der Waals surface area contributed by atoms with Crippen molar-refractivity contribution in [2.75, 3.05) is 0 Å². The summed E-state index contributed by atoms with van der Waals surface area (Å²) in [5, 5.41) is 3.64. The van der Waals surface area contributed by atoms with E-state index in [-0.39, 0.29) is 0 Å². The van der Waals surface area contributed by atoms with Gasteiger partial charge in [-0.25, -0.2) is 0 Å². The van der Waals surface area contributed by atoms with Gasteiger partial charge in [0.15, 0.2) is 0 Å². The zero-order valence-electron chi connectivity index (χ0n) is 6.53. The molecular formula is C9H11NO. The molecule has 1 aromatic carbocycles. The maximum absolute atomic E-state index is 4.94. The lowest BCUT2D eigenvalue weighted by Crippen LogP contribution is -1.84. The second-order valence-electron chi connectivity index (χ2n) is 2.12. The van der Waals surface area contributed by atoms with Crippen LogP contribution in [0.1, 0.15) is 12.5 Å². The van der Waals surface area contributed by atoms with E-state index >= 15 is 0 Å². The molecule has 0 fully saturated rings. The van der Waals surface area contributed by atoms with Crippen LogP contribution in [0.5, 0.6) is 0 Å². The molecule has 0 aliphatic heterocycles. The van der Waals surface area contributed by atoms with Crippen molar-refractivity contribution in [3.05, 3.63) is 35.9 Å². The molecule has 58 valence electrons. The molecule has 0 unspecified atom stereocenters. The zero-order valence-corrected chi connectivity index (χ0v) is 6.53. The van der Waals surface area contributed by atoms with Crippen molar-refractivity contribution < 1.29 is 4.84 Å². The average molecular weight is 149 g/mol. The molecule has 0 radical (unpaired) electrons. The second kappa shape index (κ2) is 4.50. The fourth-order valence-corrected chi connectivity index (χ4v) is 0.761. The van der Waals surface area contributed by atoms with Crippen LogP contribution in [0.4, 0.5) is 0 Å². The Morgan fingerprint density at radius 2 is 2.09 bits per heavy atom. The molecule has 2 nitrogen and oxygen atoms in total. The summed E-state index contributed by atoms with van der Waals surface area (Å²) >= 11 is 0. The van der Waals surface area contributed by atoms with Crippen LogP contribution in [0, 0.1) is 0 Å². The van der Waals surface area contributed by atoms with Crippen LogP contribution in [0.15, 0.2) is 35.5 Å². The standard InChI is InChI=1S/C9H11NO/c1-2-10-11-8-9-6-4-3-5-7-9/h2-7H,8H2,1H3/b10-2-. The molecule has 1 aromatic rings. The third kappa shape index (κ3) is 2.85. The quantitative estimate of drug-likeness (QED) is 0.477. The summed E-state index contributed by atoms with van der Waals surface area (Å²) in [5.74, 6) is 0. The highest BCUT2D eigenvalue weighted by molar-refractivity contribution is 5.52. The number of oxime groups is 1. The smallest absolute Gasteiger partial charge is 0.142 e. The Hall–Kier alpha value is -1.31. The third-order valence-electron chi connectivity index (χ3n) is 1.25. The van der Waals surface area contributed by atoms with Gasteiger partial charge >= 0.3 is 0 Å². The van der Waals surface area contributed by atoms with Gasteiger partial charge in [0.25, 0.3) is 0 Å². The molecule has 0 heterocycles. The summed E-state index contributed by atoms with van der Waals surface area (Å²) in [6.07, 6.45) is 1.63. The van der Waals surface area contributed by atoms with Crippen LogP contribution in [-0.4, -0.2) is 6.21 Å². The first kappa shape index (κ1) is 7.79. The lowest BCUT2D eigenvalue weighted by atomic mass is 10.2. The van der Waals surface area contributed by atoms with Gasteiger partial charge in [-0.1, -0.05) is 35.5 Å². The van der Waals surface area contributed by atoms with Crippen molar-refractivity contribution in [1.82, 2.24) is 0 Å². The van der Waals surface area contributed by atoms with Gasteiger partial charge in [0.05, 0.1) is 0 Å². The Kier molecular flexibility index (Phi) is 3.19. The molecule has 0 bridgehead atoms. The normalized spacial score (nSPS) is 10.3. The average Bonchev–Trinajstić information content (AvgIpc) is 2.07. The van der Waals surface area contributed by atoms with Gasteiger partial charge in [-0.05, 0) is 12.5 Å². The van der Waals surface area contributed by atoms with Crippen LogP contribution < -0.4 is 0 Å². The van der Waals surface area contributed by atoms with E-state index in [9.17, 15) is 0 Å². The van der Waals surface area contributed by atoms with Crippen LogP contribution >= 0.6 is 0 Å². The monoisotopic (exact) mass is 149 g/mol. The molecule has 1 rings (SSSR count). The van der Waals surface area contributed by atoms with Gasteiger partial charge in [-0.3, -0.25) is 0 Å². The van der Waals surface area contributed by atoms with Crippen molar-refractivity contribution >= 4 is 6.21 Å². The summed E-state index contributed by atoms with van der Waals surface area (Å²) < 4.78 is 0. The molecule has 0 atom stereocenters. The van der Waals surface area contributed by atoms with Gasteiger partial charge in [-0.2, -0.15) is 0 Å². The minimum atomic E-state index is 0.547. The molecular weight excluding hydrogens is 138 g/mol. The topological polar surface area (TPSA) is 21.6 Å². The number of hydrogen-bond donors (Lipinski definition) is 0. The summed E-state index contributed by atoms with van der Waals surface area (Å²) in [4.78, 5) is 4.94. The van der Waals surface area contributed by atoms with E-state index < -0.39 is 0 Å². The minimum Gasteiger partial charge on any atom is -0.391 e. The molecule has 11 heavy (non-hydrogen) atoms. The largest absolute Gasteiger partial charge is 0.391 e. The van der Waals surface area contributed by atoms with Gasteiger partial charge in [0, 0.05) is 6.21 Å². The minimum absolute atomic E-state index is 0.547. The van der Waals surface area contributed by atoms with Crippen molar-refractivity contribution in [3.63, 3.8) is 0 Å². The first-order valence-corrected chi connectivity index (χ1v) is 3.57. The van der Waals surface area contributed by atoms with E-state index in [1.54, 1.807) is 6.21 Å². The van der Waals surface area contributed by atoms with E-state index in [1.165, 1.54) is 0 Å². The van der Waals surface area contributed by atoms with Crippen LogP contribution in [0.3, 0.4) is 0 Å². The van der Waals surface area contributed by atoms with E-state index in [1.807, 2.05) is 37.3 Å². The van der Waals surface area contributed by atoms with Crippen molar-refractivity contribution in [2.45, 2.75) is 13.5 Å².